The number of rotatable bonds is 2. The first-order valence-corrected chi connectivity index (χ1v) is 6.97. The van der Waals surface area contributed by atoms with Gasteiger partial charge in [-0.3, -0.25) is 9.78 Å². The highest BCUT2D eigenvalue weighted by Gasteiger charge is 2.21. The molecular formula is C16H18N2O. The molecule has 1 saturated heterocycles. The van der Waals surface area contributed by atoms with E-state index in [4.69, 9.17) is 0 Å². The average molecular weight is 254 g/mol. The summed E-state index contributed by atoms with van der Waals surface area (Å²) in [5, 5.41) is 4.38. The summed E-state index contributed by atoms with van der Waals surface area (Å²) in [7, 11) is 0. The molecule has 1 N–H and O–H groups in total. The highest BCUT2D eigenvalue weighted by Crippen LogP contribution is 2.17. The zero-order chi connectivity index (χ0) is 13.1. The van der Waals surface area contributed by atoms with Crippen LogP contribution in [0.5, 0.6) is 0 Å². The van der Waals surface area contributed by atoms with E-state index in [2.05, 4.69) is 10.3 Å². The number of para-hydroxylation sites is 1. The van der Waals surface area contributed by atoms with Crippen LogP contribution in [0.2, 0.25) is 0 Å². The Kier molecular flexibility index (Phi) is 3.56. The lowest BCUT2D eigenvalue weighted by atomic mass is 10.0. The summed E-state index contributed by atoms with van der Waals surface area (Å²) in [6.07, 6.45) is 6.15. The fraction of sp³-hybridized carbons (Fsp3) is 0.375. The maximum atomic E-state index is 12.5. The van der Waals surface area contributed by atoms with Crippen LogP contribution in [0.15, 0.2) is 36.5 Å². The van der Waals surface area contributed by atoms with Gasteiger partial charge in [0.25, 0.3) is 0 Å². The van der Waals surface area contributed by atoms with Crippen LogP contribution in [0.3, 0.4) is 0 Å². The first-order chi connectivity index (χ1) is 9.34. The van der Waals surface area contributed by atoms with E-state index in [0.717, 1.165) is 35.9 Å². The number of nitrogens with one attached hydrogen (secondary N) is 1. The molecule has 1 unspecified atom stereocenters. The topological polar surface area (TPSA) is 42.0 Å². The molecule has 1 aromatic heterocycles. The van der Waals surface area contributed by atoms with Gasteiger partial charge in [-0.2, -0.15) is 0 Å². The number of pyridine rings is 1. The van der Waals surface area contributed by atoms with E-state index in [9.17, 15) is 4.79 Å². The highest BCUT2D eigenvalue weighted by atomic mass is 16.1. The maximum Gasteiger partial charge on any atom is 0.181 e. The van der Waals surface area contributed by atoms with Crippen LogP contribution in [0.25, 0.3) is 10.9 Å². The van der Waals surface area contributed by atoms with Crippen molar-refractivity contribution in [1.82, 2.24) is 10.3 Å². The van der Waals surface area contributed by atoms with Crippen LogP contribution in [0.4, 0.5) is 0 Å². The molecule has 0 saturated carbocycles. The molecular weight excluding hydrogens is 236 g/mol. The van der Waals surface area contributed by atoms with Crippen LogP contribution >= 0.6 is 0 Å². The van der Waals surface area contributed by atoms with Crippen molar-refractivity contribution in [2.75, 3.05) is 6.54 Å². The van der Waals surface area contributed by atoms with Gasteiger partial charge in [0.05, 0.1) is 11.6 Å². The van der Waals surface area contributed by atoms with Crippen LogP contribution in [-0.4, -0.2) is 23.4 Å². The molecule has 0 amide bonds. The standard InChI is InChI=1S/C16H18N2O/c19-16(15-8-2-1-5-9-17-15)13-10-12-6-3-4-7-14(12)18-11-13/h3-4,6-7,10-11,15,17H,1-2,5,8-9H2. The third-order valence-electron chi connectivity index (χ3n) is 3.75. The Morgan fingerprint density at radius 2 is 2.11 bits per heavy atom. The fourth-order valence-corrected chi connectivity index (χ4v) is 2.66. The van der Waals surface area contributed by atoms with Gasteiger partial charge in [0, 0.05) is 17.1 Å². The summed E-state index contributed by atoms with van der Waals surface area (Å²) in [5.41, 5.74) is 1.66. The van der Waals surface area contributed by atoms with Crippen molar-refractivity contribution in [2.45, 2.75) is 31.7 Å². The molecule has 3 heteroatoms. The molecule has 3 nitrogen and oxygen atoms in total. The molecule has 1 aliphatic rings. The number of hydrogen-bond donors (Lipinski definition) is 1. The van der Waals surface area contributed by atoms with Crippen molar-refractivity contribution >= 4 is 16.7 Å². The number of ketones is 1. The van der Waals surface area contributed by atoms with Gasteiger partial charge in [-0.05, 0) is 31.5 Å². The predicted octanol–water partition coefficient (Wildman–Crippen LogP) is 2.95. The molecule has 3 rings (SSSR count). The Hall–Kier alpha value is -1.74. The molecule has 2 aromatic rings. The number of Topliss-reactive ketones (excluding diaryl/α,β-unsaturated/α-hetero) is 1. The van der Waals surface area contributed by atoms with Crippen molar-refractivity contribution < 1.29 is 4.79 Å². The Labute approximate surface area is 113 Å². The minimum atomic E-state index is -0.0366. The quantitative estimate of drug-likeness (QED) is 0.838. The Bertz CT molecular complexity index is 586. The van der Waals surface area contributed by atoms with Crippen molar-refractivity contribution in [1.29, 1.82) is 0 Å². The van der Waals surface area contributed by atoms with Gasteiger partial charge in [-0.1, -0.05) is 31.0 Å². The van der Waals surface area contributed by atoms with Crippen molar-refractivity contribution in [2.24, 2.45) is 0 Å². The lowest BCUT2D eigenvalue weighted by Gasteiger charge is -2.14. The van der Waals surface area contributed by atoms with E-state index in [1.165, 1.54) is 12.8 Å². The molecule has 1 fully saturated rings. The maximum absolute atomic E-state index is 12.5. The van der Waals surface area contributed by atoms with Gasteiger partial charge in [0.15, 0.2) is 5.78 Å². The summed E-state index contributed by atoms with van der Waals surface area (Å²) in [5.74, 6) is 0.181. The van der Waals surface area contributed by atoms with Gasteiger partial charge < -0.3 is 5.32 Å². The van der Waals surface area contributed by atoms with Gasteiger partial charge in [0.2, 0.25) is 0 Å². The number of nitrogens with zero attached hydrogens (tertiary/aromatic N) is 1. The Balaban J connectivity index is 1.88. The summed E-state index contributed by atoms with van der Waals surface area (Å²) in [6, 6.07) is 9.82. The molecule has 0 spiro atoms. The van der Waals surface area contributed by atoms with Crippen LogP contribution in [0.1, 0.15) is 36.0 Å². The minimum Gasteiger partial charge on any atom is -0.307 e. The Morgan fingerprint density at radius 1 is 1.21 bits per heavy atom. The number of hydrogen-bond acceptors (Lipinski definition) is 3. The molecule has 98 valence electrons. The molecule has 1 atom stereocenters. The lowest BCUT2D eigenvalue weighted by molar-refractivity contribution is 0.0940. The summed E-state index contributed by atoms with van der Waals surface area (Å²) >= 11 is 0. The van der Waals surface area contributed by atoms with Crippen LogP contribution < -0.4 is 5.32 Å². The minimum absolute atomic E-state index is 0.0366. The SMILES string of the molecule is O=C(c1cnc2ccccc2c1)C1CCCCCN1. The first kappa shape index (κ1) is 12.3. The number of fused-ring (bicyclic) bond motifs is 1. The summed E-state index contributed by atoms with van der Waals surface area (Å²) in [6.45, 7) is 0.942. The smallest absolute Gasteiger partial charge is 0.181 e. The Morgan fingerprint density at radius 3 is 3.05 bits per heavy atom. The van der Waals surface area contributed by atoms with Crippen molar-refractivity contribution in [3.63, 3.8) is 0 Å². The van der Waals surface area contributed by atoms with Crippen molar-refractivity contribution in [3.8, 4) is 0 Å². The largest absolute Gasteiger partial charge is 0.307 e. The van der Waals surface area contributed by atoms with E-state index >= 15 is 0 Å². The molecule has 19 heavy (non-hydrogen) atoms. The number of aromatic nitrogens is 1. The second-order valence-corrected chi connectivity index (χ2v) is 5.14. The van der Waals surface area contributed by atoms with E-state index in [1.807, 2.05) is 30.3 Å². The van der Waals surface area contributed by atoms with Crippen LogP contribution in [0, 0.1) is 0 Å². The average Bonchev–Trinajstić information content (AvgIpc) is 2.75. The monoisotopic (exact) mass is 254 g/mol. The summed E-state index contributed by atoms with van der Waals surface area (Å²) in [4.78, 5) is 16.9. The van der Waals surface area contributed by atoms with Gasteiger partial charge in [-0.25, -0.2) is 0 Å². The summed E-state index contributed by atoms with van der Waals surface area (Å²) < 4.78 is 0. The number of carbonyl (C=O) groups excluding carboxylic acids is 1. The zero-order valence-corrected chi connectivity index (χ0v) is 10.9. The van der Waals surface area contributed by atoms with E-state index in [1.54, 1.807) is 6.20 Å². The molecule has 1 aliphatic heterocycles. The molecule has 2 heterocycles. The van der Waals surface area contributed by atoms with Gasteiger partial charge in [0.1, 0.15) is 0 Å². The number of carbonyl (C=O) groups is 1. The molecule has 0 aliphatic carbocycles. The van der Waals surface area contributed by atoms with E-state index < -0.39 is 0 Å². The second-order valence-electron chi connectivity index (χ2n) is 5.14. The number of benzene rings is 1. The molecule has 1 aromatic carbocycles. The normalized spacial score (nSPS) is 20.1. The van der Waals surface area contributed by atoms with Crippen LogP contribution in [-0.2, 0) is 0 Å². The van der Waals surface area contributed by atoms with E-state index in [0.29, 0.717) is 0 Å². The predicted molar refractivity (Wildman–Crippen MR) is 76.3 cm³/mol. The zero-order valence-electron chi connectivity index (χ0n) is 10.9. The second kappa shape index (κ2) is 5.49. The molecule has 0 bridgehead atoms. The van der Waals surface area contributed by atoms with E-state index in [-0.39, 0.29) is 11.8 Å². The van der Waals surface area contributed by atoms with Crippen molar-refractivity contribution in [3.05, 3.63) is 42.1 Å². The third kappa shape index (κ3) is 2.66. The third-order valence-corrected chi connectivity index (χ3v) is 3.75. The fourth-order valence-electron chi connectivity index (χ4n) is 2.66. The van der Waals surface area contributed by atoms with Gasteiger partial charge in [-0.15, -0.1) is 0 Å². The molecule has 0 radical (unpaired) electrons. The highest BCUT2D eigenvalue weighted by molar-refractivity contribution is 6.02. The first-order valence-electron chi connectivity index (χ1n) is 6.97. The van der Waals surface area contributed by atoms with Gasteiger partial charge >= 0.3 is 0 Å². The lowest BCUT2D eigenvalue weighted by Crippen LogP contribution is -2.36.